The maximum absolute atomic E-state index is 7.32. The molecular weight excluding hydrogens is 218 g/mol. The van der Waals surface area contributed by atoms with Gasteiger partial charge in [0.15, 0.2) is 0 Å². The second kappa shape index (κ2) is 4.26. The highest BCUT2D eigenvalue weighted by Gasteiger charge is 2.19. The molecule has 1 N–H and O–H groups in total. The molecule has 0 spiro atoms. The summed E-state index contributed by atoms with van der Waals surface area (Å²) < 4.78 is 0. The number of allylic oxidation sites excluding steroid dienone is 2. The summed E-state index contributed by atoms with van der Waals surface area (Å²) in [5.74, 6) is 0. The lowest BCUT2D eigenvalue weighted by molar-refractivity contribution is 1.20. The third-order valence-corrected chi connectivity index (χ3v) is 3.63. The molecule has 1 heteroatoms. The van der Waals surface area contributed by atoms with E-state index in [4.69, 9.17) is 5.41 Å². The van der Waals surface area contributed by atoms with Crippen molar-refractivity contribution in [2.75, 3.05) is 0 Å². The van der Waals surface area contributed by atoms with E-state index in [0.717, 1.165) is 6.42 Å². The zero-order chi connectivity index (χ0) is 12.5. The second-order valence-electron chi connectivity index (χ2n) is 4.68. The molecule has 2 aromatic carbocycles. The van der Waals surface area contributed by atoms with Crippen molar-refractivity contribution in [1.82, 2.24) is 0 Å². The summed E-state index contributed by atoms with van der Waals surface area (Å²) in [7, 11) is 0. The van der Waals surface area contributed by atoms with E-state index < -0.39 is 0 Å². The van der Waals surface area contributed by atoms with E-state index in [1.807, 2.05) is 6.08 Å². The van der Waals surface area contributed by atoms with Gasteiger partial charge >= 0.3 is 0 Å². The number of nitrogens with one attached hydrogen (secondary N) is 1. The van der Waals surface area contributed by atoms with Crippen LogP contribution in [0.3, 0.4) is 0 Å². The number of aryl methyl sites for hydroxylation is 1. The standard InChI is InChI=1S/C17H15N/c1-12-5-4-8-16-15-7-3-2-6-14(15)13(9-10-18)11-17(12)16/h2-10,18H,11H2,1H3/b13-9+,18-10?. The minimum atomic E-state index is 0.925. The maximum atomic E-state index is 7.32. The van der Waals surface area contributed by atoms with Crippen molar-refractivity contribution in [3.8, 4) is 11.1 Å². The first-order chi connectivity index (χ1) is 8.81. The lowest BCUT2D eigenvalue weighted by atomic mass is 9.80. The molecule has 0 radical (unpaired) electrons. The Bertz CT molecular complexity index is 650. The van der Waals surface area contributed by atoms with Crippen LogP contribution in [0.5, 0.6) is 0 Å². The van der Waals surface area contributed by atoms with Gasteiger partial charge in [-0.2, -0.15) is 0 Å². The molecule has 88 valence electrons. The number of hydrogen-bond acceptors (Lipinski definition) is 1. The monoisotopic (exact) mass is 233 g/mol. The Morgan fingerprint density at radius 2 is 1.67 bits per heavy atom. The molecule has 0 fully saturated rings. The Labute approximate surface area is 107 Å². The van der Waals surface area contributed by atoms with E-state index in [0.29, 0.717) is 0 Å². The fraction of sp³-hybridized carbons (Fsp3) is 0.118. The first-order valence-corrected chi connectivity index (χ1v) is 6.19. The lowest BCUT2D eigenvalue weighted by Gasteiger charge is -2.23. The molecule has 0 aliphatic heterocycles. The molecule has 0 saturated carbocycles. The molecule has 0 heterocycles. The highest BCUT2D eigenvalue weighted by Crippen LogP contribution is 2.39. The van der Waals surface area contributed by atoms with Crippen LogP contribution in [0, 0.1) is 12.3 Å². The number of fused-ring (bicyclic) bond motifs is 3. The minimum absolute atomic E-state index is 0.925. The quantitative estimate of drug-likeness (QED) is 0.712. The van der Waals surface area contributed by atoms with Gasteiger partial charge in [-0.05, 0) is 52.8 Å². The summed E-state index contributed by atoms with van der Waals surface area (Å²) in [4.78, 5) is 0. The van der Waals surface area contributed by atoms with Crippen LogP contribution in [0.4, 0.5) is 0 Å². The number of rotatable bonds is 1. The zero-order valence-corrected chi connectivity index (χ0v) is 10.4. The first kappa shape index (κ1) is 11.0. The van der Waals surface area contributed by atoms with Gasteiger partial charge in [0.25, 0.3) is 0 Å². The molecule has 0 atom stereocenters. The van der Waals surface area contributed by atoms with Gasteiger partial charge in [0, 0.05) is 6.21 Å². The van der Waals surface area contributed by atoms with Gasteiger partial charge in [0.05, 0.1) is 0 Å². The third kappa shape index (κ3) is 1.60. The van der Waals surface area contributed by atoms with Crippen LogP contribution in [-0.4, -0.2) is 6.21 Å². The molecule has 2 aromatic rings. The van der Waals surface area contributed by atoms with Gasteiger partial charge in [0.1, 0.15) is 0 Å². The topological polar surface area (TPSA) is 23.9 Å². The summed E-state index contributed by atoms with van der Waals surface area (Å²) in [6.07, 6.45) is 4.22. The van der Waals surface area contributed by atoms with E-state index in [-0.39, 0.29) is 0 Å². The second-order valence-corrected chi connectivity index (χ2v) is 4.68. The van der Waals surface area contributed by atoms with E-state index >= 15 is 0 Å². The van der Waals surface area contributed by atoms with E-state index in [1.54, 1.807) is 0 Å². The van der Waals surface area contributed by atoms with E-state index in [9.17, 15) is 0 Å². The summed E-state index contributed by atoms with van der Waals surface area (Å²) in [5, 5.41) is 7.32. The van der Waals surface area contributed by atoms with Crippen molar-refractivity contribution in [3.63, 3.8) is 0 Å². The predicted octanol–water partition coefficient (Wildman–Crippen LogP) is 4.25. The fourth-order valence-electron chi connectivity index (χ4n) is 2.72. The van der Waals surface area contributed by atoms with Gasteiger partial charge in [-0.3, -0.25) is 0 Å². The molecule has 18 heavy (non-hydrogen) atoms. The van der Waals surface area contributed by atoms with Crippen molar-refractivity contribution in [2.45, 2.75) is 13.3 Å². The van der Waals surface area contributed by atoms with Crippen molar-refractivity contribution in [1.29, 1.82) is 5.41 Å². The molecule has 0 bridgehead atoms. The van der Waals surface area contributed by atoms with Crippen LogP contribution < -0.4 is 0 Å². The summed E-state index contributed by atoms with van der Waals surface area (Å²) in [5.41, 5.74) is 7.85. The molecule has 0 saturated heterocycles. The van der Waals surface area contributed by atoms with Crippen LogP contribution in [0.1, 0.15) is 16.7 Å². The van der Waals surface area contributed by atoms with E-state index in [2.05, 4.69) is 49.4 Å². The van der Waals surface area contributed by atoms with E-state index in [1.165, 1.54) is 39.6 Å². The Hall–Kier alpha value is -2.15. The van der Waals surface area contributed by atoms with Crippen molar-refractivity contribution >= 4 is 11.8 Å². The van der Waals surface area contributed by atoms with Crippen molar-refractivity contribution in [3.05, 3.63) is 65.2 Å². The van der Waals surface area contributed by atoms with Crippen molar-refractivity contribution < 1.29 is 0 Å². The smallest absolute Gasteiger partial charge is 0.0180 e. The third-order valence-electron chi connectivity index (χ3n) is 3.63. The molecule has 3 rings (SSSR count). The Kier molecular flexibility index (Phi) is 2.60. The van der Waals surface area contributed by atoms with Crippen LogP contribution in [0.2, 0.25) is 0 Å². The molecule has 1 aliphatic carbocycles. The molecule has 0 aromatic heterocycles. The molecule has 0 amide bonds. The zero-order valence-electron chi connectivity index (χ0n) is 10.4. The Balaban J connectivity index is 2.33. The average Bonchev–Trinajstić information content (AvgIpc) is 2.40. The van der Waals surface area contributed by atoms with Gasteiger partial charge in [-0.1, -0.05) is 42.5 Å². The Morgan fingerprint density at radius 1 is 0.944 bits per heavy atom. The van der Waals surface area contributed by atoms with Crippen LogP contribution in [-0.2, 0) is 6.42 Å². The summed E-state index contributed by atoms with van der Waals surface area (Å²) in [6.45, 7) is 2.16. The SMILES string of the molecule is Cc1cccc2c1C/C(=C\C=N)c1ccccc1-2. The van der Waals surface area contributed by atoms with Gasteiger partial charge < -0.3 is 5.41 Å². The minimum Gasteiger partial charge on any atom is -0.309 e. The highest BCUT2D eigenvalue weighted by atomic mass is 14.3. The predicted molar refractivity (Wildman–Crippen MR) is 77.1 cm³/mol. The molecule has 0 unspecified atom stereocenters. The molecule has 1 nitrogen and oxygen atoms in total. The van der Waals surface area contributed by atoms with Crippen LogP contribution >= 0.6 is 0 Å². The van der Waals surface area contributed by atoms with Crippen LogP contribution in [0.25, 0.3) is 16.7 Å². The highest BCUT2D eigenvalue weighted by molar-refractivity contribution is 5.93. The van der Waals surface area contributed by atoms with Gasteiger partial charge in [-0.25, -0.2) is 0 Å². The molecule has 1 aliphatic rings. The van der Waals surface area contributed by atoms with Crippen molar-refractivity contribution in [2.24, 2.45) is 0 Å². The average molecular weight is 233 g/mol. The summed E-state index contributed by atoms with van der Waals surface area (Å²) >= 11 is 0. The Morgan fingerprint density at radius 3 is 2.44 bits per heavy atom. The summed E-state index contributed by atoms with van der Waals surface area (Å²) in [6, 6.07) is 14.9. The lowest BCUT2D eigenvalue weighted by Crippen LogP contribution is -2.05. The fourth-order valence-corrected chi connectivity index (χ4v) is 2.72. The molecular formula is C17H15N. The number of benzene rings is 2. The van der Waals surface area contributed by atoms with Crippen LogP contribution in [0.15, 0.2) is 48.5 Å². The largest absolute Gasteiger partial charge is 0.309 e. The van der Waals surface area contributed by atoms with Gasteiger partial charge in [0.2, 0.25) is 0 Å². The normalized spacial score (nSPS) is 15.1. The van der Waals surface area contributed by atoms with Gasteiger partial charge in [-0.15, -0.1) is 0 Å². The number of hydrogen-bond donors (Lipinski definition) is 1. The maximum Gasteiger partial charge on any atom is 0.0180 e. The first-order valence-electron chi connectivity index (χ1n) is 6.19.